The molecule has 7 nitrogen and oxygen atoms in total. The van der Waals surface area contributed by atoms with Crippen LogP contribution in [0.15, 0.2) is 89.8 Å². The van der Waals surface area contributed by atoms with Crippen molar-refractivity contribution in [2.45, 2.75) is 4.90 Å². The molecule has 1 saturated heterocycles. The molecule has 0 spiro atoms. The largest absolute Gasteiger partial charge is 0.374 e. The molecule has 1 N–H and O–H groups in total. The molecule has 0 atom stereocenters. The zero-order valence-corrected chi connectivity index (χ0v) is 19.4. The molecule has 172 valence electrons. The highest BCUT2D eigenvalue weighted by Crippen LogP contribution is 2.30. The second-order valence-corrected chi connectivity index (χ2v) is 9.80. The van der Waals surface area contributed by atoms with E-state index in [1.54, 1.807) is 35.2 Å². The van der Waals surface area contributed by atoms with Gasteiger partial charge in [-0.2, -0.15) is 4.31 Å². The maximum atomic E-state index is 12.8. The van der Waals surface area contributed by atoms with Crippen molar-refractivity contribution >= 4 is 33.0 Å². The van der Waals surface area contributed by atoms with E-state index in [1.807, 2.05) is 61.6 Å². The fourth-order valence-corrected chi connectivity index (χ4v) is 5.35. The van der Waals surface area contributed by atoms with Crippen LogP contribution in [0.5, 0.6) is 0 Å². The molecule has 3 aromatic rings. The van der Waals surface area contributed by atoms with Gasteiger partial charge in [0.1, 0.15) is 0 Å². The second kappa shape index (κ2) is 10.1. The molecule has 1 heterocycles. The summed E-state index contributed by atoms with van der Waals surface area (Å²) in [5.41, 5.74) is 2.88. The Morgan fingerprint density at radius 2 is 1.42 bits per heavy atom. The van der Waals surface area contributed by atoms with Crippen LogP contribution in [0, 0.1) is 0 Å². The molecule has 1 fully saturated rings. The van der Waals surface area contributed by atoms with Crippen LogP contribution in [0.1, 0.15) is 0 Å². The van der Waals surface area contributed by atoms with Crippen molar-refractivity contribution in [3.63, 3.8) is 0 Å². The van der Waals surface area contributed by atoms with Crippen molar-refractivity contribution in [2.24, 2.45) is 0 Å². The molecule has 0 aromatic heterocycles. The quantitative estimate of drug-likeness (QED) is 0.580. The van der Waals surface area contributed by atoms with Gasteiger partial charge in [0.2, 0.25) is 15.9 Å². The number of para-hydroxylation sites is 3. The van der Waals surface area contributed by atoms with Crippen LogP contribution in [0.3, 0.4) is 0 Å². The fraction of sp³-hybridized carbons (Fsp3) is 0.240. The molecule has 8 heteroatoms. The highest BCUT2D eigenvalue weighted by molar-refractivity contribution is 7.89. The molecule has 0 bridgehead atoms. The maximum absolute atomic E-state index is 12.8. The Hall–Kier alpha value is -3.36. The summed E-state index contributed by atoms with van der Waals surface area (Å²) in [6.07, 6.45) is 0. The molecule has 0 aliphatic carbocycles. The smallest absolute Gasteiger partial charge is 0.243 e. The Balaban J connectivity index is 1.35. The van der Waals surface area contributed by atoms with Gasteiger partial charge in [0.05, 0.1) is 22.8 Å². The maximum Gasteiger partial charge on any atom is 0.243 e. The predicted molar refractivity (Wildman–Crippen MR) is 131 cm³/mol. The molecule has 0 radical (unpaired) electrons. The summed E-state index contributed by atoms with van der Waals surface area (Å²) in [5.74, 6) is -0.0519. The van der Waals surface area contributed by atoms with Gasteiger partial charge in [-0.25, -0.2) is 8.42 Å². The van der Waals surface area contributed by atoms with Crippen LogP contribution in [-0.4, -0.2) is 63.3 Å². The first-order chi connectivity index (χ1) is 16.0. The molecule has 0 saturated carbocycles. The molecular weight excluding hydrogens is 436 g/mol. The van der Waals surface area contributed by atoms with Crippen molar-refractivity contribution in [3.8, 4) is 0 Å². The van der Waals surface area contributed by atoms with Crippen LogP contribution >= 0.6 is 0 Å². The lowest BCUT2D eigenvalue weighted by Gasteiger charge is -2.34. The number of sulfonamides is 1. The summed E-state index contributed by atoms with van der Waals surface area (Å²) in [6.45, 7) is 1.47. The number of hydrogen-bond acceptors (Lipinski definition) is 5. The first-order valence-corrected chi connectivity index (χ1v) is 12.4. The number of carbonyl (C=O) groups excluding carboxylic acids is 1. The van der Waals surface area contributed by atoms with E-state index in [0.29, 0.717) is 13.1 Å². The average molecular weight is 465 g/mol. The van der Waals surface area contributed by atoms with Crippen LogP contribution in [0.25, 0.3) is 0 Å². The number of anilines is 3. The van der Waals surface area contributed by atoms with Crippen molar-refractivity contribution in [2.75, 3.05) is 50.0 Å². The monoisotopic (exact) mass is 464 g/mol. The van der Waals surface area contributed by atoms with Gasteiger partial charge in [0.25, 0.3) is 0 Å². The third kappa shape index (κ3) is 5.18. The Morgan fingerprint density at radius 1 is 0.848 bits per heavy atom. The van der Waals surface area contributed by atoms with E-state index in [9.17, 15) is 13.2 Å². The first kappa shape index (κ1) is 22.8. The minimum Gasteiger partial charge on any atom is -0.374 e. The van der Waals surface area contributed by atoms with Gasteiger partial charge < -0.3 is 15.1 Å². The standard InChI is InChI=1S/C25H28N4O3S/c1-27(21-10-4-2-5-11-21)24-15-9-8-14-23(24)26-20-25(30)28-16-18-29(19-17-28)33(31,32)22-12-6-3-7-13-22/h2-15,26H,16-20H2,1H3. The molecule has 1 aliphatic rings. The van der Waals surface area contributed by atoms with Crippen LogP contribution in [-0.2, 0) is 14.8 Å². The normalized spacial score (nSPS) is 14.6. The number of benzene rings is 3. The van der Waals surface area contributed by atoms with E-state index in [4.69, 9.17) is 0 Å². The fourth-order valence-electron chi connectivity index (χ4n) is 3.91. The van der Waals surface area contributed by atoms with E-state index in [2.05, 4.69) is 10.2 Å². The Bertz CT molecular complexity index is 1180. The Kier molecular flexibility index (Phi) is 6.96. The Labute approximate surface area is 195 Å². The zero-order valence-electron chi connectivity index (χ0n) is 18.6. The second-order valence-electron chi connectivity index (χ2n) is 7.86. The van der Waals surface area contributed by atoms with Crippen LogP contribution in [0.4, 0.5) is 17.1 Å². The van der Waals surface area contributed by atoms with Gasteiger partial charge in [-0.05, 0) is 36.4 Å². The molecule has 4 rings (SSSR count). The molecule has 1 aliphatic heterocycles. The third-order valence-electron chi connectivity index (χ3n) is 5.81. The van der Waals surface area contributed by atoms with E-state index in [-0.39, 0.29) is 30.4 Å². The number of carbonyl (C=O) groups is 1. The predicted octanol–water partition coefficient (Wildman–Crippen LogP) is 3.40. The number of amides is 1. The van der Waals surface area contributed by atoms with Gasteiger partial charge in [-0.1, -0.05) is 48.5 Å². The number of rotatable bonds is 7. The minimum atomic E-state index is -3.53. The average Bonchev–Trinajstić information content (AvgIpc) is 2.88. The van der Waals surface area contributed by atoms with Crippen LogP contribution < -0.4 is 10.2 Å². The van der Waals surface area contributed by atoms with Crippen molar-refractivity contribution < 1.29 is 13.2 Å². The molecular formula is C25H28N4O3S. The summed E-state index contributed by atoms with van der Waals surface area (Å²) in [5, 5.41) is 3.26. The highest BCUT2D eigenvalue weighted by Gasteiger charge is 2.29. The third-order valence-corrected chi connectivity index (χ3v) is 7.72. The lowest BCUT2D eigenvalue weighted by atomic mass is 10.2. The van der Waals surface area contributed by atoms with Gasteiger partial charge >= 0.3 is 0 Å². The number of nitrogens with one attached hydrogen (secondary N) is 1. The van der Waals surface area contributed by atoms with Gasteiger partial charge in [0, 0.05) is 38.9 Å². The summed E-state index contributed by atoms with van der Waals surface area (Å²) >= 11 is 0. The number of nitrogens with zero attached hydrogens (tertiary/aromatic N) is 3. The molecule has 1 amide bonds. The topological polar surface area (TPSA) is 73.0 Å². The van der Waals surface area contributed by atoms with Crippen molar-refractivity contribution in [1.82, 2.24) is 9.21 Å². The summed E-state index contributed by atoms with van der Waals surface area (Å²) < 4.78 is 27.0. The minimum absolute atomic E-state index is 0.0519. The molecule has 0 unspecified atom stereocenters. The van der Waals surface area contributed by atoms with E-state index < -0.39 is 10.0 Å². The van der Waals surface area contributed by atoms with Gasteiger partial charge in [-0.15, -0.1) is 0 Å². The highest BCUT2D eigenvalue weighted by atomic mass is 32.2. The first-order valence-electron chi connectivity index (χ1n) is 10.9. The van der Waals surface area contributed by atoms with Crippen molar-refractivity contribution in [1.29, 1.82) is 0 Å². The molecule has 3 aromatic carbocycles. The lowest BCUT2D eigenvalue weighted by Crippen LogP contribution is -2.51. The number of piperazine rings is 1. The summed E-state index contributed by atoms with van der Waals surface area (Å²) in [7, 11) is -1.54. The Morgan fingerprint density at radius 3 is 2.09 bits per heavy atom. The number of hydrogen-bond donors (Lipinski definition) is 1. The van der Waals surface area contributed by atoms with Crippen LogP contribution in [0.2, 0.25) is 0 Å². The van der Waals surface area contributed by atoms with E-state index in [1.165, 1.54) is 4.31 Å². The van der Waals surface area contributed by atoms with Gasteiger partial charge in [0.15, 0.2) is 0 Å². The van der Waals surface area contributed by atoms with Gasteiger partial charge in [-0.3, -0.25) is 4.79 Å². The summed E-state index contributed by atoms with van der Waals surface area (Å²) in [4.78, 5) is 16.9. The van der Waals surface area contributed by atoms with E-state index >= 15 is 0 Å². The van der Waals surface area contributed by atoms with Crippen molar-refractivity contribution in [3.05, 3.63) is 84.9 Å². The summed E-state index contributed by atoms with van der Waals surface area (Å²) in [6, 6.07) is 26.3. The lowest BCUT2D eigenvalue weighted by molar-refractivity contribution is -0.130. The molecule has 33 heavy (non-hydrogen) atoms. The van der Waals surface area contributed by atoms with E-state index in [0.717, 1.165) is 17.1 Å². The zero-order chi connectivity index (χ0) is 23.3. The SMILES string of the molecule is CN(c1ccccc1)c1ccccc1NCC(=O)N1CCN(S(=O)(=O)c2ccccc2)CC1.